The fourth-order valence-corrected chi connectivity index (χ4v) is 1.58. The van der Waals surface area contributed by atoms with Crippen LogP contribution < -0.4 is 15.8 Å². The van der Waals surface area contributed by atoms with Crippen LogP contribution in [0.2, 0.25) is 0 Å². The van der Waals surface area contributed by atoms with Crippen LogP contribution in [0, 0.1) is 5.92 Å². The summed E-state index contributed by atoms with van der Waals surface area (Å²) < 4.78 is 5.13. The van der Waals surface area contributed by atoms with Gasteiger partial charge in [0.1, 0.15) is 0 Å². The van der Waals surface area contributed by atoms with Crippen molar-refractivity contribution in [1.82, 2.24) is 9.97 Å². The fourth-order valence-electron chi connectivity index (χ4n) is 1.58. The van der Waals surface area contributed by atoms with Gasteiger partial charge in [-0.2, -0.15) is 18.5 Å². The first-order valence-corrected chi connectivity index (χ1v) is 5.60. The first kappa shape index (κ1) is 16.8. The maximum Gasteiger partial charge on any atom is 0.222 e. The van der Waals surface area contributed by atoms with Gasteiger partial charge in [-0.25, -0.2) is 4.98 Å². The summed E-state index contributed by atoms with van der Waals surface area (Å²) >= 11 is 0. The van der Waals surface area contributed by atoms with E-state index in [1.165, 1.54) is 13.3 Å². The number of hydrogen-bond donors (Lipinski definition) is 3. The number of aliphatic hydroxyl groups is 1. The van der Waals surface area contributed by atoms with E-state index in [4.69, 9.17) is 10.5 Å². The van der Waals surface area contributed by atoms with E-state index in [9.17, 15) is 5.11 Å². The molecule has 0 bridgehead atoms. The number of nitrogen functional groups attached to an aromatic ring is 1. The number of nitrogens with two attached hydrogens (primary N) is 1. The highest BCUT2D eigenvalue weighted by Gasteiger charge is 2.14. The lowest BCUT2D eigenvalue weighted by molar-refractivity contribution is 0.258. The van der Waals surface area contributed by atoms with Crippen LogP contribution in [-0.4, -0.2) is 34.8 Å². The SMILES string of the molecule is COc1cnc(N)nc1N[C@H](CO)CC(C)C.S. The van der Waals surface area contributed by atoms with Crippen molar-refractivity contribution in [2.45, 2.75) is 26.3 Å². The predicted molar refractivity (Wildman–Crippen MR) is 77.3 cm³/mol. The summed E-state index contributed by atoms with van der Waals surface area (Å²) in [4.78, 5) is 7.90. The molecule has 0 radical (unpaired) electrons. The Labute approximate surface area is 114 Å². The Morgan fingerprint density at radius 1 is 1.50 bits per heavy atom. The molecule has 0 amide bonds. The van der Waals surface area contributed by atoms with E-state index in [2.05, 4.69) is 29.1 Å². The van der Waals surface area contributed by atoms with Crippen molar-refractivity contribution >= 4 is 25.3 Å². The van der Waals surface area contributed by atoms with Crippen LogP contribution in [0.1, 0.15) is 20.3 Å². The molecule has 18 heavy (non-hydrogen) atoms. The maximum absolute atomic E-state index is 9.29. The van der Waals surface area contributed by atoms with E-state index in [0.717, 1.165) is 6.42 Å². The molecule has 1 aromatic heterocycles. The predicted octanol–water partition coefficient (Wildman–Crippen LogP) is 0.999. The maximum atomic E-state index is 9.29. The van der Waals surface area contributed by atoms with Crippen molar-refractivity contribution in [1.29, 1.82) is 0 Å². The second kappa shape index (κ2) is 7.99. The lowest BCUT2D eigenvalue weighted by Gasteiger charge is -2.20. The summed E-state index contributed by atoms with van der Waals surface area (Å²) in [6, 6.07) is -0.0711. The van der Waals surface area contributed by atoms with E-state index in [-0.39, 0.29) is 32.1 Å². The van der Waals surface area contributed by atoms with Crippen molar-refractivity contribution in [2.75, 3.05) is 24.8 Å². The summed E-state index contributed by atoms with van der Waals surface area (Å²) in [5, 5.41) is 12.4. The average Bonchev–Trinajstić information content (AvgIpc) is 2.28. The molecule has 0 saturated heterocycles. The van der Waals surface area contributed by atoms with E-state index < -0.39 is 0 Å². The molecule has 0 fully saturated rings. The largest absolute Gasteiger partial charge is 0.491 e. The van der Waals surface area contributed by atoms with Crippen molar-refractivity contribution in [3.63, 3.8) is 0 Å². The third-order valence-corrected chi connectivity index (χ3v) is 2.31. The Morgan fingerprint density at radius 3 is 2.67 bits per heavy atom. The molecule has 1 rings (SSSR count). The number of aromatic nitrogens is 2. The Morgan fingerprint density at radius 2 is 2.17 bits per heavy atom. The number of aliphatic hydroxyl groups excluding tert-OH is 1. The lowest BCUT2D eigenvalue weighted by atomic mass is 10.0. The molecule has 0 aliphatic rings. The number of hydrogen-bond acceptors (Lipinski definition) is 6. The smallest absolute Gasteiger partial charge is 0.222 e. The molecule has 4 N–H and O–H groups in total. The molecule has 0 unspecified atom stereocenters. The van der Waals surface area contributed by atoms with Gasteiger partial charge in [0, 0.05) is 0 Å². The molecule has 7 heteroatoms. The van der Waals surface area contributed by atoms with Crippen LogP contribution in [0.5, 0.6) is 5.75 Å². The Kier molecular flexibility index (Phi) is 7.45. The summed E-state index contributed by atoms with van der Waals surface area (Å²) in [6.45, 7) is 4.22. The third kappa shape index (κ3) is 4.97. The zero-order chi connectivity index (χ0) is 12.8. The fraction of sp³-hybridized carbons (Fsp3) is 0.636. The van der Waals surface area contributed by atoms with Gasteiger partial charge in [-0.1, -0.05) is 13.8 Å². The minimum absolute atomic E-state index is 0. The number of rotatable bonds is 6. The van der Waals surface area contributed by atoms with Gasteiger partial charge < -0.3 is 20.9 Å². The molecule has 0 saturated carbocycles. The van der Waals surface area contributed by atoms with Crippen molar-refractivity contribution in [3.05, 3.63) is 6.20 Å². The molecule has 0 aliphatic carbocycles. The second-order valence-electron chi connectivity index (χ2n) is 4.30. The van der Waals surface area contributed by atoms with Gasteiger partial charge in [-0.3, -0.25) is 0 Å². The van der Waals surface area contributed by atoms with Gasteiger partial charge in [-0.05, 0) is 12.3 Å². The minimum atomic E-state index is -0.0711. The summed E-state index contributed by atoms with van der Waals surface area (Å²) in [7, 11) is 1.54. The normalized spacial score (nSPS) is 11.8. The van der Waals surface area contributed by atoms with Crippen LogP contribution >= 0.6 is 13.5 Å². The van der Waals surface area contributed by atoms with Crippen LogP contribution in [-0.2, 0) is 0 Å². The molecule has 1 aromatic rings. The third-order valence-electron chi connectivity index (χ3n) is 2.31. The lowest BCUT2D eigenvalue weighted by Crippen LogP contribution is -2.26. The van der Waals surface area contributed by atoms with Crippen molar-refractivity contribution in [2.24, 2.45) is 5.92 Å². The number of anilines is 2. The van der Waals surface area contributed by atoms with E-state index in [0.29, 0.717) is 17.5 Å². The van der Waals surface area contributed by atoms with Crippen LogP contribution in [0.25, 0.3) is 0 Å². The van der Waals surface area contributed by atoms with E-state index in [1.807, 2.05) is 0 Å². The zero-order valence-corrected chi connectivity index (χ0v) is 12.0. The van der Waals surface area contributed by atoms with Gasteiger partial charge in [0.05, 0.1) is 26.0 Å². The highest BCUT2D eigenvalue weighted by atomic mass is 32.1. The van der Waals surface area contributed by atoms with Gasteiger partial charge in [0.25, 0.3) is 0 Å². The van der Waals surface area contributed by atoms with Gasteiger partial charge >= 0.3 is 0 Å². The van der Waals surface area contributed by atoms with Crippen molar-refractivity contribution in [3.8, 4) is 5.75 Å². The highest BCUT2D eigenvalue weighted by Crippen LogP contribution is 2.22. The molecule has 0 aromatic carbocycles. The quantitative estimate of drug-likeness (QED) is 0.716. The molecular weight excluding hydrogens is 252 g/mol. The number of nitrogens with zero attached hydrogens (tertiary/aromatic N) is 2. The number of ether oxygens (including phenoxy) is 1. The zero-order valence-electron chi connectivity index (χ0n) is 11.0. The minimum Gasteiger partial charge on any atom is -0.491 e. The van der Waals surface area contributed by atoms with Crippen LogP contribution in [0.4, 0.5) is 11.8 Å². The monoisotopic (exact) mass is 274 g/mol. The Bertz CT molecular complexity index is 363. The molecular formula is C11H22N4O2S. The van der Waals surface area contributed by atoms with Gasteiger partial charge in [0.2, 0.25) is 5.95 Å². The summed E-state index contributed by atoms with van der Waals surface area (Å²) in [5.74, 6) is 1.68. The molecule has 0 aliphatic heterocycles. The molecule has 1 atom stereocenters. The van der Waals surface area contributed by atoms with Gasteiger partial charge in [-0.15, -0.1) is 0 Å². The Balaban J connectivity index is 0.00000289. The number of methoxy groups -OCH3 is 1. The Hall–Kier alpha value is -1.21. The molecule has 6 nitrogen and oxygen atoms in total. The first-order chi connectivity index (χ1) is 8.06. The molecule has 1 heterocycles. The first-order valence-electron chi connectivity index (χ1n) is 5.60. The van der Waals surface area contributed by atoms with Crippen molar-refractivity contribution < 1.29 is 9.84 Å². The summed E-state index contributed by atoms with van der Waals surface area (Å²) in [6.07, 6.45) is 2.35. The van der Waals surface area contributed by atoms with Crippen LogP contribution in [0.15, 0.2) is 6.20 Å². The standard InChI is InChI=1S/C11H20N4O2.H2S/c1-7(2)4-8(6-16)14-10-9(17-3)5-13-11(12)15-10;/h5,7-8,16H,4,6H2,1-3H3,(H3,12,13,14,15);1H2/t8-;/m0./s1. The van der Waals surface area contributed by atoms with Crippen LogP contribution in [0.3, 0.4) is 0 Å². The van der Waals surface area contributed by atoms with Gasteiger partial charge in [0.15, 0.2) is 11.6 Å². The second-order valence-corrected chi connectivity index (χ2v) is 4.30. The van der Waals surface area contributed by atoms with E-state index >= 15 is 0 Å². The molecule has 0 spiro atoms. The molecule has 104 valence electrons. The topological polar surface area (TPSA) is 93.3 Å². The average molecular weight is 274 g/mol. The number of nitrogens with one attached hydrogen (secondary N) is 1. The van der Waals surface area contributed by atoms with E-state index in [1.54, 1.807) is 0 Å². The summed E-state index contributed by atoms with van der Waals surface area (Å²) in [5.41, 5.74) is 5.52. The highest BCUT2D eigenvalue weighted by molar-refractivity contribution is 7.59.